The maximum atomic E-state index is 13.4. The Labute approximate surface area is 190 Å². The summed E-state index contributed by atoms with van der Waals surface area (Å²) < 4.78 is 7.42. The van der Waals surface area contributed by atoms with Crippen LogP contribution in [0.4, 0.5) is 0 Å². The minimum absolute atomic E-state index is 0.0559. The molecule has 2 N–H and O–H groups in total. The predicted octanol–water partition coefficient (Wildman–Crippen LogP) is 2.86. The number of fused-ring (bicyclic) bond motifs is 3. The highest BCUT2D eigenvalue weighted by Gasteiger charge is 2.27. The Morgan fingerprint density at radius 2 is 1.88 bits per heavy atom. The molecule has 0 saturated carbocycles. The first-order valence-corrected chi connectivity index (χ1v) is 11.5. The van der Waals surface area contributed by atoms with Gasteiger partial charge < -0.3 is 19.7 Å². The number of likely N-dealkylation sites (tertiary alicyclic amines) is 1. The molecule has 0 atom stereocenters. The van der Waals surface area contributed by atoms with Gasteiger partial charge in [0, 0.05) is 43.7 Å². The number of carbonyl (C=O) groups excluding carboxylic acids is 1. The summed E-state index contributed by atoms with van der Waals surface area (Å²) in [6.07, 6.45) is 4.80. The number of aryl methyl sites for hydroxylation is 1. The maximum absolute atomic E-state index is 13.4. The Kier molecular flexibility index (Phi) is 5.65. The van der Waals surface area contributed by atoms with Gasteiger partial charge in [0.15, 0.2) is 0 Å². The van der Waals surface area contributed by atoms with Crippen LogP contribution in [0.2, 0.25) is 0 Å². The first-order chi connectivity index (χ1) is 15.9. The van der Waals surface area contributed by atoms with E-state index in [-0.39, 0.29) is 29.8 Å². The Hall–Kier alpha value is -3.20. The number of H-pyrrole nitrogens is 1. The number of benzene rings is 1. The Bertz CT molecular complexity index is 1280. The fourth-order valence-corrected chi connectivity index (χ4v) is 5.19. The lowest BCUT2D eigenvalue weighted by Crippen LogP contribution is -2.39. The zero-order chi connectivity index (χ0) is 23.1. The van der Waals surface area contributed by atoms with Crippen LogP contribution in [-0.2, 0) is 9.53 Å². The number of carboxylic acids is 1. The van der Waals surface area contributed by atoms with Crippen LogP contribution in [0.15, 0.2) is 23.1 Å². The molecule has 0 radical (unpaired) electrons. The molecule has 0 aliphatic carbocycles. The normalized spacial score (nSPS) is 18.3. The Balaban J connectivity index is 1.53. The van der Waals surface area contributed by atoms with Crippen molar-refractivity contribution in [3.8, 4) is 0 Å². The predicted molar refractivity (Wildman–Crippen MR) is 123 cm³/mol. The van der Waals surface area contributed by atoms with Gasteiger partial charge in [-0.15, -0.1) is 0 Å². The van der Waals surface area contributed by atoms with Gasteiger partial charge in [-0.25, -0.2) is 0 Å². The number of hydrogen-bond donors (Lipinski definition) is 2. The number of piperidine rings is 1. The third kappa shape index (κ3) is 4.01. The first-order valence-electron chi connectivity index (χ1n) is 11.5. The lowest BCUT2D eigenvalue weighted by atomic mass is 9.93. The first kappa shape index (κ1) is 21.6. The minimum Gasteiger partial charge on any atom is -0.481 e. The molecule has 33 heavy (non-hydrogen) atoms. The summed E-state index contributed by atoms with van der Waals surface area (Å²) in [5.41, 5.74) is 2.67. The second kappa shape index (κ2) is 8.62. The zero-order valence-electron chi connectivity index (χ0n) is 18.7. The third-order valence-corrected chi connectivity index (χ3v) is 7.04. The van der Waals surface area contributed by atoms with Crippen molar-refractivity contribution in [1.82, 2.24) is 19.7 Å². The molecule has 3 aromatic rings. The number of amides is 1. The molecule has 2 aliphatic rings. The largest absolute Gasteiger partial charge is 0.481 e. The molecule has 9 nitrogen and oxygen atoms in total. The third-order valence-electron chi connectivity index (χ3n) is 7.04. The Morgan fingerprint density at radius 1 is 1.15 bits per heavy atom. The summed E-state index contributed by atoms with van der Waals surface area (Å²) in [7, 11) is 0. The number of aromatic amines is 1. The zero-order valence-corrected chi connectivity index (χ0v) is 18.7. The van der Waals surface area contributed by atoms with E-state index < -0.39 is 5.97 Å². The number of pyridine rings is 1. The number of aromatic nitrogens is 3. The summed E-state index contributed by atoms with van der Waals surface area (Å²) in [6, 6.07) is 3.89. The molecule has 1 aromatic carbocycles. The minimum atomic E-state index is -0.788. The number of nitrogens with one attached hydrogen (secondary N) is 1. The van der Waals surface area contributed by atoms with Crippen molar-refractivity contribution in [2.45, 2.75) is 45.1 Å². The van der Waals surface area contributed by atoms with Crippen molar-refractivity contribution in [2.24, 2.45) is 5.92 Å². The molecule has 174 valence electrons. The number of nitrogens with zero attached hydrogens (tertiary/aromatic N) is 3. The van der Waals surface area contributed by atoms with Crippen LogP contribution in [0.5, 0.6) is 0 Å². The molecular formula is C24H28N4O5. The molecule has 0 unspecified atom stereocenters. The van der Waals surface area contributed by atoms with E-state index in [0.29, 0.717) is 55.6 Å². The van der Waals surface area contributed by atoms with Crippen LogP contribution in [0, 0.1) is 12.8 Å². The average molecular weight is 453 g/mol. The molecule has 2 fully saturated rings. The van der Waals surface area contributed by atoms with Gasteiger partial charge in [-0.1, -0.05) is 0 Å². The average Bonchev–Trinajstić information content (AvgIpc) is 3.25. The van der Waals surface area contributed by atoms with E-state index in [1.165, 1.54) is 0 Å². The topological polar surface area (TPSA) is 118 Å². The molecule has 5 rings (SSSR count). The molecule has 0 spiro atoms. The van der Waals surface area contributed by atoms with Crippen LogP contribution in [0.3, 0.4) is 0 Å². The van der Waals surface area contributed by atoms with Gasteiger partial charge in [-0.05, 0) is 56.2 Å². The summed E-state index contributed by atoms with van der Waals surface area (Å²) in [5, 5.41) is 14.9. The quantitative estimate of drug-likeness (QED) is 0.629. The summed E-state index contributed by atoms with van der Waals surface area (Å²) in [6.45, 7) is 4.30. The highest BCUT2D eigenvalue weighted by atomic mass is 16.5. The number of ether oxygens (including phenoxy) is 1. The molecular weight excluding hydrogens is 424 g/mol. The van der Waals surface area contributed by atoms with Crippen molar-refractivity contribution in [2.75, 3.05) is 26.3 Å². The smallest absolute Gasteiger partial charge is 0.303 e. The highest BCUT2D eigenvalue weighted by Crippen LogP contribution is 2.31. The van der Waals surface area contributed by atoms with E-state index in [1.807, 2.05) is 28.6 Å². The standard InChI is InChI=1S/C24H28N4O5/c1-14-10-20-18(12-17(14)24(32)27-6-2-15(3-7-27)11-21(29)30)22-19(23(31)26-20)13-25-28(22)16-4-8-33-9-5-16/h10,12-13,15-16H,2-9,11H2,1H3,(H,26,31)(H,29,30). The van der Waals surface area contributed by atoms with E-state index in [2.05, 4.69) is 10.1 Å². The number of rotatable bonds is 4. The maximum Gasteiger partial charge on any atom is 0.303 e. The van der Waals surface area contributed by atoms with Crippen LogP contribution in [0.25, 0.3) is 21.8 Å². The van der Waals surface area contributed by atoms with Crippen LogP contribution in [-0.4, -0.2) is 63.0 Å². The summed E-state index contributed by atoms with van der Waals surface area (Å²) in [4.78, 5) is 41.9. The number of hydrogen-bond acceptors (Lipinski definition) is 5. The molecule has 0 bridgehead atoms. The van der Waals surface area contributed by atoms with Gasteiger partial charge in [0.05, 0.1) is 28.7 Å². The van der Waals surface area contributed by atoms with E-state index in [1.54, 1.807) is 6.20 Å². The molecule has 2 saturated heterocycles. The van der Waals surface area contributed by atoms with Crippen molar-refractivity contribution in [1.29, 1.82) is 0 Å². The lowest BCUT2D eigenvalue weighted by molar-refractivity contribution is -0.138. The van der Waals surface area contributed by atoms with Crippen LogP contribution < -0.4 is 5.56 Å². The van der Waals surface area contributed by atoms with Gasteiger partial charge >= 0.3 is 5.97 Å². The number of aliphatic carboxylic acids is 1. The van der Waals surface area contributed by atoms with Crippen molar-refractivity contribution >= 4 is 33.7 Å². The van der Waals surface area contributed by atoms with Crippen molar-refractivity contribution < 1.29 is 19.4 Å². The number of carboxylic acid groups (broad SMARTS) is 1. The van der Waals surface area contributed by atoms with E-state index in [9.17, 15) is 14.4 Å². The van der Waals surface area contributed by atoms with E-state index in [4.69, 9.17) is 9.84 Å². The number of carbonyl (C=O) groups is 2. The van der Waals surface area contributed by atoms with Gasteiger partial charge in [0.25, 0.3) is 11.5 Å². The van der Waals surface area contributed by atoms with Gasteiger partial charge in [-0.3, -0.25) is 19.1 Å². The monoisotopic (exact) mass is 452 g/mol. The highest BCUT2D eigenvalue weighted by molar-refractivity contribution is 6.07. The molecule has 1 amide bonds. The van der Waals surface area contributed by atoms with Gasteiger partial charge in [0.1, 0.15) is 0 Å². The van der Waals surface area contributed by atoms with Crippen molar-refractivity contribution in [3.63, 3.8) is 0 Å². The second-order valence-corrected chi connectivity index (χ2v) is 9.20. The molecule has 4 heterocycles. The SMILES string of the molecule is Cc1cc2[nH]c(=O)c3cnn(C4CCOCC4)c3c2cc1C(=O)N1CCC(CC(=O)O)CC1. The fraction of sp³-hybridized carbons (Fsp3) is 0.500. The van der Waals surface area contributed by atoms with Crippen LogP contribution >= 0.6 is 0 Å². The van der Waals surface area contributed by atoms with E-state index in [0.717, 1.165) is 29.3 Å². The van der Waals surface area contributed by atoms with E-state index >= 15 is 0 Å². The second-order valence-electron chi connectivity index (χ2n) is 9.20. The fourth-order valence-electron chi connectivity index (χ4n) is 5.19. The molecule has 2 aromatic heterocycles. The Morgan fingerprint density at radius 3 is 2.58 bits per heavy atom. The van der Waals surface area contributed by atoms with Gasteiger partial charge in [0.2, 0.25) is 0 Å². The van der Waals surface area contributed by atoms with Gasteiger partial charge in [-0.2, -0.15) is 5.10 Å². The molecule has 9 heteroatoms. The molecule has 2 aliphatic heterocycles. The summed E-state index contributed by atoms with van der Waals surface area (Å²) in [5.74, 6) is -0.730. The lowest BCUT2D eigenvalue weighted by Gasteiger charge is -2.32. The van der Waals surface area contributed by atoms with Crippen molar-refractivity contribution in [3.05, 3.63) is 39.8 Å². The van der Waals surface area contributed by atoms with Crippen LogP contribution in [0.1, 0.15) is 54.1 Å². The summed E-state index contributed by atoms with van der Waals surface area (Å²) >= 11 is 0.